The van der Waals surface area contributed by atoms with E-state index in [1.807, 2.05) is 24.3 Å². The molecule has 0 saturated heterocycles. The highest BCUT2D eigenvalue weighted by Crippen LogP contribution is 2.23. The number of hydrogen-bond acceptors (Lipinski definition) is 3. The SMILES string of the molecule is Cn1nc(-c2ccc(NC(=O)c3ccccc3Cl)cc2)cc1N. The van der Waals surface area contributed by atoms with Gasteiger partial charge < -0.3 is 11.1 Å². The first-order chi connectivity index (χ1) is 11.0. The highest BCUT2D eigenvalue weighted by molar-refractivity contribution is 6.34. The zero-order valence-corrected chi connectivity index (χ0v) is 13.2. The Morgan fingerprint density at radius 2 is 1.87 bits per heavy atom. The number of rotatable bonds is 3. The number of halogens is 1. The summed E-state index contributed by atoms with van der Waals surface area (Å²) >= 11 is 6.02. The van der Waals surface area contributed by atoms with E-state index in [1.54, 1.807) is 42.1 Å². The summed E-state index contributed by atoms with van der Waals surface area (Å²) in [6, 6.07) is 16.1. The average molecular weight is 327 g/mol. The van der Waals surface area contributed by atoms with E-state index in [0.29, 0.717) is 22.1 Å². The van der Waals surface area contributed by atoms with Gasteiger partial charge in [-0.2, -0.15) is 5.10 Å². The van der Waals surface area contributed by atoms with Crippen molar-refractivity contribution in [3.8, 4) is 11.3 Å². The van der Waals surface area contributed by atoms with Gasteiger partial charge in [-0.25, -0.2) is 0 Å². The van der Waals surface area contributed by atoms with Gasteiger partial charge in [-0.05, 0) is 24.3 Å². The lowest BCUT2D eigenvalue weighted by atomic mass is 10.1. The molecular formula is C17H15ClN4O. The molecule has 2 aromatic carbocycles. The Hall–Kier alpha value is -2.79. The molecule has 0 fully saturated rings. The zero-order chi connectivity index (χ0) is 16.4. The molecule has 0 saturated carbocycles. The van der Waals surface area contributed by atoms with Gasteiger partial charge in [0.15, 0.2) is 0 Å². The Morgan fingerprint density at radius 3 is 2.48 bits per heavy atom. The van der Waals surface area contributed by atoms with E-state index in [9.17, 15) is 4.79 Å². The third kappa shape index (κ3) is 3.19. The lowest BCUT2D eigenvalue weighted by Crippen LogP contribution is -2.12. The van der Waals surface area contributed by atoms with Crippen LogP contribution in [-0.4, -0.2) is 15.7 Å². The monoisotopic (exact) mass is 326 g/mol. The Kier molecular flexibility index (Phi) is 4.04. The Morgan fingerprint density at radius 1 is 1.17 bits per heavy atom. The number of hydrogen-bond donors (Lipinski definition) is 2. The number of carbonyl (C=O) groups excluding carboxylic acids is 1. The zero-order valence-electron chi connectivity index (χ0n) is 12.5. The van der Waals surface area contributed by atoms with Gasteiger partial charge >= 0.3 is 0 Å². The quantitative estimate of drug-likeness (QED) is 0.772. The van der Waals surface area contributed by atoms with E-state index >= 15 is 0 Å². The highest BCUT2D eigenvalue weighted by atomic mass is 35.5. The van der Waals surface area contributed by atoms with Crippen LogP contribution >= 0.6 is 11.6 Å². The van der Waals surface area contributed by atoms with E-state index in [0.717, 1.165) is 11.3 Å². The Bertz CT molecular complexity index is 836. The van der Waals surface area contributed by atoms with Gasteiger partial charge in [0.1, 0.15) is 5.82 Å². The smallest absolute Gasteiger partial charge is 0.257 e. The molecule has 1 aromatic heterocycles. The predicted molar refractivity (Wildman–Crippen MR) is 92.5 cm³/mol. The number of carbonyl (C=O) groups is 1. The minimum atomic E-state index is -0.245. The second kappa shape index (κ2) is 6.14. The summed E-state index contributed by atoms with van der Waals surface area (Å²) in [4.78, 5) is 12.2. The summed E-state index contributed by atoms with van der Waals surface area (Å²) < 4.78 is 1.61. The normalized spacial score (nSPS) is 10.5. The van der Waals surface area contributed by atoms with Crippen molar-refractivity contribution in [3.05, 3.63) is 65.2 Å². The molecule has 0 aliphatic heterocycles. The van der Waals surface area contributed by atoms with Crippen molar-refractivity contribution in [1.29, 1.82) is 0 Å². The van der Waals surface area contributed by atoms with Crippen LogP contribution in [0.1, 0.15) is 10.4 Å². The summed E-state index contributed by atoms with van der Waals surface area (Å²) in [5.41, 5.74) is 8.62. The van der Waals surface area contributed by atoms with Crippen LogP contribution in [0, 0.1) is 0 Å². The molecule has 0 atom stereocenters. The van der Waals surface area contributed by atoms with Crippen LogP contribution in [0.5, 0.6) is 0 Å². The Labute approximate surface area is 138 Å². The van der Waals surface area contributed by atoms with Gasteiger partial charge in [-0.1, -0.05) is 35.9 Å². The van der Waals surface area contributed by atoms with Crippen LogP contribution in [0.2, 0.25) is 5.02 Å². The van der Waals surface area contributed by atoms with E-state index in [4.69, 9.17) is 17.3 Å². The van der Waals surface area contributed by atoms with E-state index in [1.165, 1.54) is 0 Å². The van der Waals surface area contributed by atoms with Crippen molar-refractivity contribution < 1.29 is 4.79 Å². The maximum Gasteiger partial charge on any atom is 0.257 e. The van der Waals surface area contributed by atoms with E-state index in [-0.39, 0.29) is 5.91 Å². The molecule has 3 N–H and O–H groups in total. The fourth-order valence-electron chi connectivity index (χ4n) is 2.19. The molecule has 5 nitrogen and oxygen atoms in total. The lowest BCUT2D eigenvalue weighted by molar-refractivity contribution is 0.102. The molecule has 0 radical (unpaired) electrons. The first kappa shape index (κ1) is 15.1. The molecule has 0 aliphatic rings. The summed E-state index contributed by atoms with van der Waals surface area (Å²) in [5, 5.41) is 7.56. The molecule has 6 heteroatoms. The molecule has 1 amide bonds. The fraction of sp³-hybridized carbons (Fsp3) is 0.0588. The van der Waals surface area contributed by atoms with E-state index in [2.05, 4.69) is 10.4 Å². The van der Waals surface area contributed by atoms with Crippen LogP contribution in [0.25, 0.3) is 11.3 Å². The van der Waals surface area contributed by atoms with Crippen LogP contribution in [0.15, 0.2) is 54.6 Å². The summed E-state index contributed by atoms with van der Waals surface area (Å²) in [7, 11) is 1.79. The second-order valence-electron chi connectivity index (χ2n) is 5.09. The van der Waals surface area contributed by atoms with Crippen molar-refractivity contribution in [2.75, 3.05) is 11.1 Å². The largest absolute Gasteiger partial charge is 0.384 e. The van der Waals surface area contributed by atoms with Crippen molar-refractivity contribution >= 4 is 29.0 Å². The second-order valence-corrected chi connectivity index (χ2v) is 5.50. The van der Waals surface area contributed by atoms with Crippen LogP contribution in [-0.2, 0) is 7.05 Å². The molecule has 23 heavy (non-hydrogen) atoms. The van der Waals surface area contributed by atoms with Gasteiger partial charge in [-0.3, -0.25) is 9.48 Å². The number of aryl methyl sites for hydroxylation is 1. The number of nitrogens with zero attached hydrogens (tertiary/aromatic N) is 2. The first-order valence-corrected chi connectivity index (χ1v) is 7.38. The standard InChI is InChI=1S/C17H15ClN4O/c1-22-16(19)10-15(21-22)11-6-8-12(9-7-11)20-17(23)13-4-2-3-5-14(13)18/h2-10H,19H2,1H3,(H,20,23). The predicted octanol–water partition coefficient (Wildman–Crippen LogP) is 3.58. The third-order valence-electron chi connectivity index (χ3n) is 3.47. The molecule has 116 valence electrons. The van der Waals surface area contributed by atoms with Crippen molar-refractivity contribution in [1.82, 2.24) is 9.78 Å². The topological polar surface area (TPSA) is 72.9 Å². The van der Waals surface area contributed by atoms with Gasteiger partial charge in [0.25, 0.3) is 5.91 Å². The molecule has 0 bridgehead atoms. The number of anilines is 2. The first-order valence-electron chi connectivity index (χ1n) is 7.00. The summed E-state index contributed by atoms with van der Waals surface area (Å²) in [5.74, 6) is 0.349. The maximum absolute atomic E-state index is 12.2. The van der Waals surface area contributed by atoms with Crippen LogP contribution < -0.4 is 11.1 Å². The number of nitrogen functional groups attached to an aromatic ring is 1. The molecule has 0 unspecified atom stereocenters. The minimum absolute atomic E-state index is 0.245. The van der Waals surface area contributed by atoms with Crippen molar-refractivity contribution in [3.63, 3.8) is 0 Å². The van der Waals surface area contributed by atoms with Gasteiger partial charge in [0.2, 0.25) is 0 Å². The van der Waals surface area contributed by atoms with Gasteiger partial charge in [0, 0.05) is 24.4 Å². The lowest BCUT2D eigenvalue weighted by Gasteiger charge is -2.07. The number of amides is 1. The summed E-state index contributed by atoms with van der Waals surface area (Å²) in [6.07, 6.45) is 0. The molecule has 1 heterocycles. The molecule has 3 rings (SSSR count). The maximum atomic E-state index is 12.2. The number of nitrogens with two attached hydrogens (primary N) is 1. The summed E-state index contributed by atoms with van der Waals surface area (Å²) in [6.45, 7) is 0. The van der Waals surface area contributed by atoms with E-state index < -0.39 is 0 Å². The number of nitrogens with one attached hydrogen (secondary N) is 1. The number of benzene rings is 2. The van der Waals surface area contributed by atoms with Gasteiger partial charge in [-0.15, -0.1) is 0 Å². The average Bonchev–Trinajstić information content (AvgIpc) is 2.88. The molecule has 0 aliphatic carbocycles. The fourth-order valence-corrected chi connectivity index (χ4v) is 2.41. The van der Waals surface area contributed by atoms with Gasteiger partial charge in [0.05, 0.1) is 16.3 Å². The van der Waals surface area contributed by atoms with Crippen molar-refractivity contribution in [2.45, 2.75) is 0 Å². The number of aromatic nitrogens is 2. The van der Waals surface area contributed by atoms with Crippen molar-refractivity contribution in [2.24, 2.45) is 7.05 Å². The minimum Gasteiger partial charge on any atom is -0.384 e. The third-order valence-corrected chi connectivity index (χ3v) is 3.80. The van der Waals surface area contributed by atoms with Crippen LogP contribution in [0.4, 0.5) is 11.5 Å². The molecular weight excluding hydrogens is 312 g/mol. The Balaban J connectivity index is 1.78. The molecule has 3 aromatic rings. The highest BCUT2D eigenvalue weighted by Gasteiger charge is 2.10. The molecule has 0 spiro atoms. The van der Waals surface area contributed by atoms with Crippen LogP contribution in [0.3, 0.4) is 0 Å².